The average Bonchev–Trinajstić information content (AvgIpc) is 2.37. The smallest absolute Gasteiger partial charge is 0.339 e. The van der Waals surface area contributed by atoms with Crippen LogP contribution in [-0.2, 0) is 9.53 Å². The lowest BCUT2D eigenvalue weighted by Gasteiger charge is -2.12. The van der Waals surface area contributed by atoms with Gasteiger partial charge in [-0.1, -0.05) is 23.2 Å². The average molecular weight is 290 g/mol. The van der Waals surface area contributed by atoms with E-state index in [-0.39, 0.29) is 33.7 Å². The Bertz CT molecular complexity index is 524. The molecule has 1 rings (SSSR count). The summed E-state index contributed by atoms with van der Waals surface area (Å²) < 4.78 is 9.79. The maximum Gasteiger partial charge on any atom is 0.339 e. The largest absolute Gasteiger partial charge is 0.491 e. The number of aliphatic imine (C=N–C) groups is 1. The van der Waals surface area contributed by atoms with Crippen LogP contribution in [0.25, 0.3) is 0 Å². The monoisotopic (exact) mass is 289 g/mol. The molecule has 0 radical (unpaired) electrons. The number of carbonyl (C=O) groups excluding carboxylic acids is 2. The van der Waals surface area contributed by atoms with Crippen molar-refractivity contribution in [2.75, 3.05) is 13.7 Å². The van der Waals surface area contributed by atoms with Crippen LogP contribution in [0, 0.1) is 0 Å². The maximum absolute atomic E-state index is 11.5. The summed E-state index contributed by atoms with van der Waals surface area (Å²) in [4.78, 5) is 25.2. The van der Waals surface area contributed by atoms with Crippen molar-refractivity contribution < 1.29 is 19.1 Å². The molecular formula is C11H9Cl2NO4. The van der Waals surface area contributed by atoms with Crippen molar-refractivity contribution >= 4 is 40.9 Å². The first-order valence-corrected chi connectivity index (χ1v) is 5.63. The normalized spacial score (nSPS) is 9.56. The van der Waals surface area contributed by atoms with Gasteiger partial charge in [0.05, 0.1) is 30.0 Å². The lowest BCUT2D eigenvalue weighted by atomic mass is 10.2. The van der Waals surface area contributed by atoms with Crippen LogP contribution in [0.4, 0.5) is 5.69 Å². The summed E-state index contributed by atoms with van der Waals surface area (Å²) in [5.41, 5.74) is 0.0564. The van der Waals surface area contributed by atoms with E-state index in [4.69, 9.17) is 27.9 Å². The predicted octanol–water partition coefficient (Wildman–Crippen LogP) is 3.15. The molecule has 0 fully saturated rings. The predicted molar refractivity (Wildman–Crippen MR) is 66.8 cm³/mol. The molecule has 0 aliphatic heterocycles. The Kier molecular flexibility index (Phi) is 5.16. The quantitative estimate of drug-likeness (QED) is 0.485. The lowest BCUT2D eigenvalue weighted by Crippen LogP contribution is -2.04. The number of benzene rings is 1. The van der Waals surface area contributed by atoms with E-state index in [9.17, 15) is 9.59 Å². The van der Waals surface area contributed by atoms with Crippen LogP contribution in [0.5, 0.6) is 5.75 Å². The molecular weight excluding hydrogens is 281 g/mol. The number of esters is 1. The van der Waals surface area contributed by atoms with Gasteiger partial charge in [-0.15, -0.1) is 0 Å². The van der Waals surface area contributed by atoms with Crippen LogP contribution < -0.4 is 4.74 Å². The standard InChI is InChI=1S/C11H9Cl2NO4/c1-3-18-10-8(12)6(11(16)17-2)4-7(9(10)13)14-5-15/h4H,3H2,1-2H3. The number of carbonyl (C=O) groups is 1. The molecule has 0 amide bonds. The van der Waals surface area contributed by atoms with E-state index in [1.54, 1.807) is 6.92 Å². The van der Waals surface area contributed by atoms with E-state index < -0.39 is 5.97 Å². The fourth-order valence-corrected chi connectivity index (χ4v) is 1.83. The second kappa shape index (κ2) is 6.40. The topological polar surface area (TPSA) is 65.0 Å². The Morgan fingerprint density at radius 2 is 2.11 bits per heavy atom. The Morgan fingerprint density at radius 1 is 1.44 bits per heavy atom. The van der Waals surface area contributed by atoms with Crippen LogP contribution in [0.3, 0.4) is 0 Å². The van der Waals surface area contributed by atoms with Gasteiger partial charge >= 0.3 is 5.97 Å². The van der Waals surface area contributed by atoms with Crippen molar-refractivity contribution in [3.05, 3.63) is 21.7 Å². The van der Waals surface area contributed by atoms with Crippen molar-refractivity contribution in [2.24, 2.45) is 4.99 Å². The number of hydrogen-bond donors (Lipinski definition) is 0. The highest BCUT2D eigenvalue weighted by molar-refractivity contribution is 6.40. The highest BCUT2D eigenvalue weighted by atomic mass is 35.5. The molecule has 1 aromatic rings. The number of isocyanates is 1. The van der Waals surface area contributed by atoms with E-state index in [1.807, 2.05) is 0 Å². The van der Waals surface area contributed by atoms with Crippen molar-refractivity contribution in [2.45, 2.75) is 6.92 Å². The molecule has 1 aromatic carbocycles. The molecule has 0 N–H and O–H groups in total. The Labute approximate surface area is 113 Å². The van der Waals surface area contributed by atoms with Gasteiger partial charge in [-0.05, 0) is 13.0 Å². The number of ether oxygens (including phenoxy) is 2. The molecule has 0 unspecified atom stereocenters. The molecule has 96 valence electrons. The van der Waals surface area contributed by atoms with Crippen molar-refractivity contribution in [1.29, 1.82) is 0 Å². The highest BCUT2D eigenvalue weighted by Crippen LogP contribution is 2.42. The Hall–Kier alpha value is -1.55. The minimum absolute atomic E-state index is 0.0125. The summed E-state index contributed by atoms with van der Waals surface area (Å²) in [6.07, 6.45) is 1.34. The van der Waals surface area contributed by atoms with E-state index in [0.717, 1.165) is 0 Å². The molecule has 0 aliphatic carbocycles. The number of hydrogen-bond acceptors (Lipinski definition) is 5. The van der Waals surface area contributed by atoms with Crippen LogP contribution >= 0.6 is 23.2 Å². The van der Waals surface area contributed by atoms with Gasteiger partial charge in [-0.2, -0.15) is 4.99 Å². The first-order chi connectivity index (χ1) is 8.56. The molecule has 0 bridgehead atoms. The highest BCUT2D eigenvalue weighted by Gasteiger charge is 2.21. The van der Waals surface area contributed by atoms with E-state index in [2.05, 4.69) is 9.73 Å². The summed E-state index contributed by atoms with van der Waals surface area (Å²) >= 11 is 11.9. The molecule has 0 atom stereocenters. The zero-order chi connectivity index (χ0) is 13.7. The fraction of sp³-hybridized carbons (Fsp3) is 0.273. The van der Waals surface area contributed by atoms with Gasteiger partial charge in [-0.3, -0.25) is 0 Å². The molecule has 7 heteroatoms. The molecule has 0 aromatic heterocycles. The summed E-state index contributed by atoms with van der Waals surface area (Å²) in [6.45, 7) is 2.01. The van der Waals surface area contributed by atoms with Crippen LogP contribution in [-0.4, -0.2) is 25.8 Å². The van der Waals surface area contributed by atoms with Gasteiger partial charge in [0.15, 0.2) is 5.75 Å². The van der Waals surface area contributed by atoms with Crippen LogP contribution in [0.2, 0.25) is 10.0 Å². The van der Waals surface area contributed by atoms with E-state index >= 15 is 0 Å². The van der Waals surface area contributed by atoms with Gasteiger partial charge in [0.2, 0.25) is 6.08 Å². The van der Waals surface area contributed by atoms with Crippen LogP contribution in [0.1, 0.15) is 17.3 Å². The summed E-state index contributed by atoms with van der Waals surface area (Å²) in [5.74, 6) is -0.599. The third-order valence-corrected chi connectivity index (χ3v) is 2.74. The zero-order valence-electron chi connectivity index (χ0n) is 9.62. The SMILES string of the molecule is CCOc1c(Cl)c(N=C=O)cc(C(=O)OC)c1Cl. The second-order valence-electron chi connectivity index (χ2n) is 3.03. The summed E-state index contributed by atoms with van der Waals surface area (Å²) in [7, 11) is 1.20. The molecule has 0 aliphatic rings. The molecule has 0 spiro atoms. The Balaban J connectivity index is 3.54. The van der Waals surface area contributed by atoms with Crippen molar-refractivity contribution in [3.8, 4) is 5.75 Å². The second-order valence-corrected chi connectivity index (χ2v) is 3.78. The fourth-order valence-electron chi connectivity index (χ4n) is 1.26. The molecule has 5 nitrogen and oxygen atoms in total. The lowest BCUT2D eigenvalue weighted by molar-refractivity contribution is 0.0600. The van der Waals surface area contributed by atoms with Crippen molar-refractivity contribution in [1.82, 2.24) is 0 Å². The minimum Gasteiger partial charge on any atom is -0.491 e. The molecule has 0 saturated carbocycles. The zero-order valence-corrected chi connectivity index (χ0v) is 11.1. The van der Waals surface area contributed by atoms with E-state index in [1.165, 1.54) is 19.3 Å². The van der Waals surface area contributed by atoms with Gasteiger partial charge in [-0.25, -0.2) is 9.59 Å². The molecule has 18 heavy (non-hydrogen) atoms. The third-order valence-electron chi connectivity index (χ3n) is 2.00. The Morgan fingerprint density at radius 3 is 2.61 bits per heavy atom. The van der Waals surface area contributed by atoms with Gasteiger partial charge in [0, 0.05) is 0 Å². The van der Waals surface area contributed by atoms with Crippen molar-refractivity contribution in [3.63, 3.8) is 0 Å². The number of halogens is 2. The molecule has 0 heterocycles. The van der Waals surface area contributed by atoms with Crippen LogP contribution in [0.15, 0.2) is 11.1 Å². The first-order valence-electron chi connectivity index (χ1n) is 4.87. The minimum atomic E-state index is -0.681. The number of methoxy groups -OCH3 is 1. The van der Waals surface area contributed by atoms with Gasteiger partial charge in [0.25, 0.3) is 0 Å². The van der Waals surface area contributed by atoms with E-state index in [0.29, 0.717) is 0 Å². The van der Waals surface area contributed by atoms with Gasteiger partial charge < -0.3 is 9.47 Å². The summed E-state index contributed by atoms with van der Waals surface area (Å²) in [6, 6.07) is 1.24. The number of nitrogens with zero attached hydrogens (tertiary/aromatic N) is 1. The number of rotatable bonds is 4. The molecule has 0 saturated heterocycles. The first kappa shape index (κ1) is 14.5. The summed E-state index contributed by atoms with van der Waals surface area (Å²) in [5, 5.41) is 0.0522. The van der Waals surface area contributed by atoms with Gasteiger partial charge in [0.1, 0.15) is 5.02 Å². The third kappa shape index (κ3) is 2.82. The maximum atomic E-state index is 11.5.